The molecule has 10 heteroatoms. The first-order chi connectivity index (χ1) is 15.7. The average Bonchev–Trinajstić information content (AvgIpc) is 2.78. The van der Waals surface area contributed by atoms with E-state index in [0.717, 1.165) is 10.1 Å². The highest BCUT2D eigenvalue weighted by molar-refractivity contribution is 5.75. The van der Waals surface area contributed by atoms with Crippen LogP contribution in [-0.4, -0.2) is 27.8 Å². The third-order valence-corrected chi connectivity index (χ3v) is 4.68. The summed E-state index contributed by atoms with van der Waals surface area (Å²) in [5, 5.41) is 2.63. The monoisotopic (exact) mass is 461 g/mol. The van der Waals surface area contributed by atoms with Crippen LogP contribution in [0.4, 0.5) is 13.2 Å². The number of carbonyl (C=O) groups is 1. The summed E-state index contributed by atoms with van der Waals surface area (Å²) in [6, 6.07) is 17.0. The predicted molar refractivity (Wildman–Crippen MR) is 115 cm³/mol. The number of aromatic nitrogens is 2. The molecule has 0 unspecified atom stereocenters. The Morgan fingerprint density at radius 3 is 2.24 bits per heavy atom. The molecule has 0 fully saturated rings. The van der Waals surface area contributed by atoms with E-state index in [-0.39, 0.29) is 19.7 Å². The summed E-state index contributed by atoms with van der Waals surface area (Å²) in [4.78, 5) is 37.1. The van der Waals surface area contributed by atoms with Gasteiger partial charge in [-0.3, -0.25) is 18.7 Å². The molecule has 7 nitrogen and oxygen atoms in total. The van der Waals surface area contributed by atoms with Gasteiger partial charge in [0.1, 0.15) is 13.2 Å². The normalized spacial score (nSPS) is 11.4. The first-order valence-corrected chi connectivity index (χ1v) is 10.0. The molecular formula is C23H22F3N3O4. The maximum atomic E-state index is 12.7. The van der Waals surface area contributed by atoms with Gasteiger partial charge in [0.25, 0.3) is 5.56 Å². The van der Waals surface area contributed by atoms with E-state index in [9.17, 15) is 27.6 Å². The minimum atomic E-state index is -4.38. The molecule has 0 saturated heterocycles. The molecule has 3 rings (SSSR count). The molecule has 174 valence electrons. The molecule has 0 aliphatic heterocycles. The summed E-state index contributed by atoms with van der Waals surface area (Å²) in [6.45, 7) is -1.55. The number of benzene rings is 2. The highest BCUT2D eigenvalue weighted by atomic mass is 19.4. The second kappa shape index (κ2) is 10.8. The Hall–Kier alpha value is -3.66. The van der Waals surface area contributed by atoms with Gasteiger partial charge in [0, 0.05) is 18.8 Å². The third-order valence-electron chi connectivity index (χ3n) is 4.68. The van der Waals surface area contributed by atoms with Crippen molar-refractivity contribution in [2.24, 2.45) is 0 Å². The van der Waals surface area contributed by atoms with Gasteiger partial charge in [-0.05, 0) is 16.7 Å². The standard InChI is InChI=1S/C23H22F3N3O4/c24-23(25,26)16-33-15-19-8-6-17(7-9-19)12-27-20(30)14-29-21(31)10-11-28(22(29)32)13-18-4-2-1-3-5-18/h1-11H,12-16H2,(H,27,30). The van der Waals surface area contributed by atoms with Crippen LogP contribution in [0, 0.1) is 0 Å². The number of hydrogen-bond donors (Lipinski definition) is 1. The second-order valence-corrected chi connectivity index (χ2v) is 7.34. The van der Waals surface area contributed by atoms with Crippen LogP contribution in [0.2, 0.25) is 0 Å². The van der Waals surface area contributed by atoms with E-state index in [1.807, 2.05) is 30.3 Å². The molecule has 0 aliphatic carbocycles. The Balaban J connectivity index is 1.56. The molecule has 1 amide bonds. The Labute approximate surface area is 187 Å². The van der Waals surface area contributed by atoms with Gasteiger partial charge < -0.3 is 10.1 Å². The lowest BCUT2D eigenvalue weighted by Gasteiger charge is -2.11. The summed E-state index contributed by atoms with van der Waals surface area (Å²) >= 11 is 0. The molecule has 3 aromatic rings. The number of amides is 1. The number of alkyl halides is 3. The zero-order valence-electron chi connectivity index (χ0n) is 17.5. The molecule has 0 saturated carbocycles. The molecule has 0 aliphatic rings. The third kappa shape index (κ3) is 7.46. The fourth-order valence-corrected chi connectivity index (χ4v) is 3.04. The Morgan fingerprint density at radius 2 is 1.58 bits per heavy atom. The Morgan fingerprint density at radius 1 is 0.909 bits per heavy atom. The highest BCUT2D eigenvalue weighted by Gasteiger charge is 2.27. The number of carbonyl (C=O) groups excluding carboxylic acids is 1. The van der Waals surface area contributed by atoms with Gasteiger partial charge in [-0.15, -0.1) is 0 Å². The maximum Gasteiger partial charge on any atom is 0.411 e. The van der Waals surface area contributed by atoms with E-state index in [2.05, 4.69) is 10.1 Å². The van der Waals surface area contributed by atoms with E-state index in [0.29, 0.717) is 11.1 Å². The van der Waals surface area contributed by atoms with Crippen molar-refractivity contribution >= 4 is 5.91 Å². The summed E-state index contributed by atoms with van der Waals surface area (Å²) in [6.07, 6.45) is -2.98. The van der Waals surface area contributed by atoms with Crippen LogP contribution < -0.4 is 16.6 Å². The number of ether oxygens (including phenoxy) is 1. The topological polar surface area (TPSA) is 82.3 Å². The molecular weight excluding hydrogens is 439 g/mol. The van der Waals surface area contributed by atoms with Crippen molar-refractivity contribution < 1.29 is 22.7 Å². The predicted octanol–water partition coefficient (Wildman–Crippen LogP) is 2.45. The number of hydrogen-bond acceptors (Lipinski definition) is 4. The molecule has 0 spiro atoms. The van der Waals surface area contributed by atoms with Crippen LogP contribution in [0.3, 0.4) is 0 Å². The molecule has 1 heterocycles. The largest absolute Gasteiger partial charge is 0.411 e. The van der Waals surface area contributed by atoms with Gasteiger partial charge in [-0.25, -0.2) is 4.79 Å². The average molecular weight is 461 g/mol. The van der Waals surface area contributed by atoms with E-state index in [1.165, 1.54) is 16.8 Å². The van der Waals surface area contributed by atoms with Crippen LogP contribution in [0.25, 0.3) is 0 Å². The lowest BCUT2D eigenvalue weighted by molar-refractivity contribution is -0.176. The minimum Gasteiger partial charge on any atom is -0.367 e. The van der Waals surface area contributed by atoms with E-state index >= 15 is 0 Å². The summed E-state index contributed by atoms with van der Waals surface area (Å²) in [5.41, 5.74) is 0.961. The molecule has 33 heavy (non-hydrogen) atoms. The van der Waals surface area contributed by atoms with Crippen molar-refractivity contribution in [3.05, 3.63) is 104 Å². The molecule has 1 aromatic heterocycles. The lowest BCUT2D eigenvalue weighted by Crippen LogP contribution is -2.43. The van der Waals surface area contributed by atoms with Crippen molar-refractivity contribution in [1.29, 1.82) is 0 Å². The van der Waals surface area contributed by atoms with Crippen LogP contribution in [0.1, 0.15) is 16.7 Å². The SMILES string of the molecule is O=C(Cn1c(=O)ccn(Cc2ccccc2)c1=O)NCc1ccc(COCC(F)(F)F)cc1. The Bertz CT molecular complexity index is 1190. The quantitative estimate of drug-likeness (QED) is 0.531. The fourth-order valence-electron chi connectivity index (χ4n) is 3.04. The van der Waals surface area contributed by atoms with Crippen LogP contribution in [0.5, 0.6) is 0 Å². The summed E-state index contributed by atoms with van der Waals surface area (Å²) < 4.78 is 43.2. The van der Waals surface area contributed by atoms with E-state index in [1.54, 1.807) is 24.3 Å². The van der Waals surface area contributed by atoms with Gasteiger partial charge in [0.05, 0.1) is 13.2 Å². The maximum absolute atomic E-state index is 12.7. The zero-order valence-corrected chi connectivity index (χ0v) is 17.5. The van der Waals surface area contributed by atoms with Gasteiger partial charge in [-0.2, -0.15) is 13.2 Å². The Kier molecular flexibility index (Phi) is 7.83. The van der Waals surface area contributed by atoms with Crippen molar-refractivity contribution in [3.63, 3.8) is 0 Å². The number of halogens is 3. The first kappa shape index (κ1) is 24.0. The van der Waals surface area contributed by atoms with Crippen LogP contribution in [0.15, 0.2) is 76.4 Å². The molecule has 1 N–H and O–H groups in total. The van der Waals surface area contributed by atoms with Crippen LogP contribution >= 0.6 is 0 Å². The number of nitrogens with zero attached hydrogens (tertiary/aromatic N) is 2. The van der Waals surface area contributed by atoms with E-state index < -0.39 is 36.5 Å². The van der Waals surface area contributed by atoms with Crippen molar-refractivity contribution in [2.45, 2.75) is 32.4 Å². The van der Waals surface area contributed by atoms with Gasteiger partial charge in [0.2, 0.25) is 5.91 Å². The highest BCUT2D eigenvalue weighted by Crippen LogP contribution is 2.15. The van der Waals surface area contributed by atoms with Crippen LogP contribution in [-0.2, 0) is 35.8 Å². The number of nitrogens with one attached hydrogen (secondary N) is 1. The summed E-state index contributed by atoms with van der Waals surface area (Å²) in [5.74, 6) is -0.524. The molecule has 0 radical (unpaired) electrons. The first-order valence-electron chi connectivity index (χ1n) is 10.0. The number of rotatable bonds is 9. The fraction of sp³-hybridized carbons (Fsp3) is 0.261. The van der Waals surface area contributed by atoms with Gasteiger partial charge in [0.15, 0.2) is 0 Å². The zero-order chi connectivity index (χ0) is 23.8. The molecule has 0 atom stereocenters. The van der Waals surface area contributed by atoms with Gasteiger partial charge in [-0.1, -0.05) is 54.6 Å². The smallest absolute Gasteiger partial charge is 0.367 e. The minimum absolute atomic E-state index is 0.127. The van der Waals surface area contributed by atoms with Crippen molar-refractivity contribution in [2.75, 3.05) is 6.61 Å². The molecule has 0 bridgehead atoms. The molecule has 2 aromatic carbocycles. The van der Waals surface area contributed by atoms with E-state index in [4.69, 9.17) is 0 Å². The van der Waals surface area contributed by atoms with Gasteiger partial charge >= 0.3 is 11.9 Å². The van der Waals surface area contributed by atoms with Crippen molar-refractivity contribution in [3.8, 4) is 0 Å². The second-order valence-electron chi connectivity index (χ2n) is 7.34. The summed E-state index contributed by atoms with van der Waals surface area (Å²) in [7, 11) is 0. The van der Waals surface area contributed by atoms with Crippen molar-refractivity contribution in [1.82, 2.24) is 14.5 Å². The lowest BCUT2D eigenvalue weighted by atomic mass is 10.1.